The molecule has 2 aliphatic rings. The van der Waals surface area contributed by atoms with Crippen molar-refractivity contribution in [2.75, 3.05) is 0 Å². The summed E-state index contributed by atoms with van der Waals surface area (Å²) in [7, 11) is 0. The van der Waals surface area contributed by atoms with Crippen molar-refractivity contribution in [3.05, 3.63) is 172 Å². The molecule has 2 aliphatic carbocycles. The van der Waals surface area contributed by atoms with E-state index in [1.165, 1.54) is 22.3 Å². The highest BCUT2D eigenvalue weighted by Gasteiger charge is 2.23. The third kappa shape index (κ3) is 5.47. The number of nitrogens with zero attached hydrogens (tertiary/aromatic N) is 3. The fraction of sp³-hybridized carbons (Fsp3) is 0.205. The zero-order valence-corrected chi connectivity index (χ0v) is 23.9. The summed E-state index contributed by atoms with van der Waals surface area (Å²) in [5, 5.41) is 0. The highest BCUT2D eigenvalue weighted by molar-refractivity contribution is 6.14. The maximum absolute atomic E-state index is 5.45. The molecule has 0 saturated heterocycles. The van der Waals surface area contributed by atoms with E-state index in [0.717, 1.165) is 72.5 Å². The summed E-state index contributed by atoms with van der Waals surface area (Å²) in [6, 6.07) is 45.2. The number of aliphatic imine (C=N–C) groups is 2. The van der Waals surface area contributed by atoms with Crippen LogP contribution in [0.3, 0.4) is 0 Å². The standard InChI is InChI=1S/C39H35N3/c1-3-16-30(17-4-1)38(41-34-24-11-20-28-14-7-9-22-32(28)34)36-26-13-27-37(40-36)39(31-18-5-2-6-19-31)42-35-25-12-21-29-15-8-10-23-33(29)35/h1-10,13-19,22-23,26-27,34-35H,11-12,20-21,24-25H2. The second kappa shape index (κ2) is 12.1. The van der Waals surface area contributed by atoms with Crippen LogP contribution < -0.4 is 0 Å². The summed E-state index contributed by atoms with van der Waals surface area (Å²) in [5.41, 5.74) is 11.3. The van der Waals surface area contributed by atoms with Gasteiger partial charge in [-0.05, 0) is 72.9 Å². The van der Waals surface area contributed by atoms with Gasteiger partial charge in [-0.25, -0.2) is 4.98 Å². The minimum atomic E-state index is 0.122. The molecule has 4 aromatic carbocycles. The Kier molecular flexibility index (Phi) is 7.56. The molecule has 1 heterocycles. The molecule has 0 bridgehead atoms. The van der Waals surface area contributed by atoms with Gasteiger partial charge < -0.3 is 0 Å². The number of rotatable bonds is 6. The van der Waals surface area contributed by atoms with Gasteiger partial charge in [0.25, 0.3) is 0 Å². The van der Waals surface area contributed by atoms with Gasteiger partial charge in [0.1, 0.15) is 0 Å². The molecule has 3 nitrogen and oxygen atoms in total. The van der Waals surface area contributed by atoms with Crippen molar-refractivity contribution in [3.8, 4) is 0 Å². The summed E-state index contributed by atoms with van der Waals surface area (Å²) < 4.78 is 0. The van der Waals surface area contributed by atoms with Crippen LogP contribution in [0.5, 0.6) is 0 Å². The fourth-order valence-electron chi connectivity index (χ4n) is 6.50. The number of aryl methyl sites for hydroxylation is 2. The molecule has 0 spiro atoms. The summed E-state index contributed by atoms with van der Waals surface area (Å²) in [5.74, 6) is 0. The van der Waals surface area contributed by atoms with Crippen molar-refractivity contribution in [2.24, 2.45) is 9.98 Å². The largest absolute Gasteiger partial charge is 0.274 e. The first-order valence-corrected chi connectivity index (χ1v) is 15.2. The number of benzene rings is 4. The Hall–Kier alpha value is -4.63. The molecule has 2 unspecified atom stereocenters. The maximum atomic E-state index is 5.45. The molecule has 0 amide bonds. The second-order valence-electron chi connectivity index (χ2n) is 11.3. The van der Waals surface area contributed by atoms with Crippen LogP contribution in [0.1, 0.15) is 82.5 Å². The first-order chi connectivity index (χ1) is 20.8. The second-order valence-corrected chi connectivity index (χ2v) is 11.3. The quantitative estimate of drug-likeness (QED) is 0.196. The van der Waals surface area contributed by atoms with Crippen LogP contribution >= 0.6 is 0 Å². The Morgan fingerprint density at radius 2 is 0.905 bits per heavy atom. The van der Waals surface area contributed by atoms with E-state index in [4.69, 9.17) is 15.0 Å². The van der Waals surface area contributed by atoms with E-state index in [2.05, 4.69) is 127 Å². The first kappa shape index (κ1) is 26.3. The predicted octanol–water partition coefficient (Wildman–Crippen LogP) is 8.91. The predicted molar refractivity (Wildman–Crippen MR) is 173 cm³/mol. The van der Waals surface area contributed by atoms with E-state index < -0.39 is 0 Å². The van der Waals surface area contributed by atoms with Crippen molar-refractivity contribution in [1.82, 2.24) is 4.98 Å². The van der Waals surface area contributed by atoms with Crippen LogP contribution in [0.25, 0.3) is 0 Å². The number of hydrogen-bond acceptors (Lipinski definition) is 3. The van der Waals surface area contributed by atoms with E-state index >= 15 is 0 Å². The van der Waals surface area contributed by atoms with Crippen molar-refractivity contribution in [1.29, 1.82) is 0 Å². The van der Waals surface area contributed by atoms with Gasteiger partial charge in [0.2, 0.25) is 0 Å². The number of pyridine rings is 1. The molecule has 206 valence electrons. The van der Waals surface area contributed by atoms with E-state index in [1.54, 1.807) is 0 Å². The average molecular weight is 546 g/mol. The summed E-state index contributed by atoms with van der Waals surface area (Å²) >= 11 is 0. The van der Waals surface area contributed by atoms with E-state index in [1.807, 2.05) is 0 Å². The third-order valence-electron chi connectivity index (χ3n) is 8.57. The molecule has 3 heteroatoms. The van der Waals surface area contributed by atoms with E-state index in [9.17, 15) is 0 Å². The van der Waals surface area contributed by atoms with E-state index in [0.29, 0.717) is 0 Å². The minimum Gasteiger partial charge on any atom is -0.274 e. The maximum Gasteiger partial charge on any atom is 0.0910 e. The molecule has 5 aromatic rings. The zero-order valence-electron chi connectivity index (χ0n) is 23.9. The lowest BCUT2D eigenvalue weighted by molar-refractivity contribution is 0.572. The number of hydrogen-bond donors (Lipinski definition) is 0. The first-order valence-electron chi connectivity index (χ1n) is 15.2. The summed E-state index contributed by atoms with van der Waals surface area (Å²) in [6.45, 7) is 0. The SMILES string of the molecule is c1ccc(C(=NC2CCCc3ccccc32)c2cccc(C(=NC3CCCc4ccccc43)c3ccccc3)n2)cc1. The third-order valence-corrected chi connectivity index (χ3v) is 8.57. The molecule has 1 aromatic heterocycles. The van der Waals surface area contributed by atoms with Crippen LogP contribution in [-0.4, -0.2) is 16.4 Å². The van der Waals surface area contributed by atoms with Crippen molar-refractivity contribution < 1.29 is 0 Å². The Balaban J connectivity index is 1.35. The fourth-order valence-corrected chi connectivity index (χ4v) is 6.50. The van der Waals surface area contributed by atoms with Crippen molar-refractivity contribution in [2.45, 2.75) is 50.6 Å². The van der Waals surface area contributed by atoms with Crippen LogP contribution in [-0.2, 0) is 12.8 Å². The summed E-state index contributed by atoms with van der Waals surface area (Å²) in [4.78, 5) is 16.2. The van der Waals surface area contributed by atoms with Crippen molar-refractivity contribution >= 4 is 11.4 Å². The zero-order chi connectivity index (χ0) is 28.1. The van der Waals surface area contributed by atoms with Crippen LogP contribution in [0.15, 0.2) is 137 Å². The van der Waals surface area contributed by atoms with Crippen LogP contribution in [0.4, 0.5) is 0 Å². The smallest absolute Gasteiger partial charge is 0.0910 e. The lowest BCUT2D eigenvalue weighted by Gasteiger charge is -2.24. The lowest BCUT2D eigenvalue weighted by atomic mass is 9.87. The van der Waals surface area contributed by atoms with Gasteiger partial charge in [-0.1, -0.05) is 115 Å². The molecular weight excluding hydrogens is 510 g/mol. The lowest BCUT2D eigenvalue weighted by Crippen LogP contribution is -2.16. The highest BCUT2D eigenvalue weighted by Crippen LogP contribution is 2.35. The van der Waals surface area contributed by atoms with Gasteiger partial charge in [-0.15, -0.1) is 0 Å². The molecule has 0 N–H and O–H groups in total. The number of fused-ring (bicyclic) bond motifs is 2. The van der Waals surface area contributed by atoms with Gasteiger partial charge in [-0.3, -0.25) is 9.98 Å². The molecule has 7 rings (SSSR count). The Labute approximate surface area is 248 Å². The van der Waals surface area contributed by atoms with Gasteiger partial charge in [0.15, 0.2) is 0 Å². The van der Waals surface area contributed by atoms with Gasteiger partial charge >= 0.3 is 0 Å². The van der Waals surface area contributed by atoms with Gasteiger partial charge in [-0.2, -0.15) is 0 Å². The van der Waals surface area contributed by atoms with E-state index in [-0.39, 0.29) is 12.1 Å². The minimum absolute atomic E-state index is 0.122. The van der Waals surface area contributed by atoms with Crippen molar-refractivity contribution in [3.63, 3.8) is 0 Å². The Bertz CT molecular complexity index is 1610. The molecule has 0 radical (unpaired) electrons. The molecule has 42 heavy (non-hydrogen) atoms. The van der Waals surface area contributed by atoms with Crippen LogP contribution in [0, 0.1) is 0 Å². The molecule has 0 aliphatic heterocycles. The number of aromatic nitrogens is 1. The molecule has 0 fully saturated rings. The monoisotopic (exact) mass is 545 g/mol. The van der Waals surface area contributed by atoms with Gasteiger partial charge in [0, 0.05) is 11.1 Å². The molecule has 0 saturated carbocycles. The molecule has 2 atom stereocenters. The normalized spacial score (nSPS) is 18.7. The highest BCUT2D eigenvalue weighted by atomic mass is 14.9. The topological polar surface area (TPSA) is 37.6 Å². The molecular formula is C39H35N3. The Morgan fingerprint density at radius 3 is 1.38 bits per heavy atom. The van der Waals surface area contributed by atoms with Crippen LogP contribution in [0.2, 0.25) is 0 Å². The Morgan fingerprint density at radius 1 is 0.476 bits per heavy atom. The average Bonchev–Trinajstić information content (AvgIpc) is 3.07. The van der Waals surface area contributed by atoms with Gasteiger partial charge in [0.05, 0.1) is 34.9 Å². The summed E-state index contributed by atoms with van der Waals surface area (Å²) in [6.07, 6.45) is 6.63.